The van der Waals surface area contributed by atoms with E-state index in [1.165, 1.54) is 0 Å². The predicted molar refractivity (Wildman–Crippen MR) is 83.4 cm³/mol. The number of rotatable bonds is 8. The molecule has 0 aromatic heterocycles. The van der Waals surface area contributed by atoms with Gasteiger partial charge >= 0.3 is 53.5 Å². The van der Waals surface area contributed by atoms with E-state index < -0.39 is 65.0 Å². The first-order chi connectivity index (χ1) is 15.6. The Morgan fingerprint density at radius 1 is 0.611 bits per heavy atom. The van der Waals surface area contributed by atoms with Crippen molar-refractivity contribution in [1.82, 2.24) is 0 Å². The lowest BCUT2D eigenvalue weighted by atomic mass is 9.89. The lowest BCUT2D eigenvalue weighted by Gasteiger charge is -2.42. The van der Waals surface area contributed by atoms with Crippen LogP contribution in [0.25, 0.3) is 0 Å². The van der Waals surface area contributed by atoms with Crippen LogP contribution in [0.5, 0.6) is 0 Å². The van der Waals surface area contributed by atoms with Crippen molar-refractivity contribution in [1.29, 1.82) is 0 Å². The molecular formula is C15H4BrF18NO. The van der Waals surface area contributed by atoms with E-state index in [0.717, 1.165) is 0 Å². The predicted octanol–water partition coefficient (Wildman–Crippen LogP) is 7.54. The summed E-state index contributed by atoms with van der Waals surface area (Å²) in [5.41, 5.74) is -1.53. The Labute approximate surface area is 193 Å². The quantitative estimate of drug-likeness (QED) is 0.294. The van der Waals surface area contributed by atoms with Crippen molar-refractivity contribution >= 4 is 27.5 Å². The van der Waals surface area contributed by atoms with Crippen LogP contribution in [0.1, 0.15) is 0 Å². The van der Waals surface area contributed by atoms with Crippen LogP contribution in [-0.4, -0.2) is 53.5 Å². The van der Waals surface area contributed by atoms with Gasteiger partial charge in [-0.05, 0) is 18.2 Å². The molecule has 0 saturated carbocycles. The van der Waals surface area contributed by atoms with E-state index in [9.17, 15) is 83.8 Å². The Balaban J connectivity index is 3.59. The Morgan fingerprint density at radius 2 is 0.972 bits per heavy atom. The van der Waals surface area contributed by atoms with Gasteiger partial charge in [0.05, 0.1) is 5.69 Å². The largest absolute Gasteiger partial charge is 0.460 e. The third kappa shape index (κ3) is 4.33. The molecule has 0 heterocycles. The molecule has 0 aliphatic heterocycles. The molecule has 0 unspecified atom stereocenters. The number of benzene rings is 1. The molecule has 0 aliphatic carbocycles. The van der Waals surface area contributed by atoms with Crippen LogP contribution in [-0.2, 0) is 4.79 Å². The van der Waals surface area contributed by atoms with Gasteiger partial charge in [-0.15, -0.1) is 0 Å². The minimum absolute atomic E-state index is 0.208. The number of carbonyl (C=O) groups is 1. The van der Waals surface area contributed by atoms with Crippen molar-refractivity contribution in [3.05, 3.63) is 28.5 Å². The van der Waals surface area contributed by atoms with Gasteiger partial charge in [0.25, 0.3) is 0 Å². The van der Waals surface area contributed by atoms with E-state index >= 15 is 0 Å². The number of alkyl halides is 17. The standard InChI is InChI=1S/C15H4BrF18NO/c16-4-1-2-6(5(17)3-4)35-7(36)8(18,19)9(20,21)10(22,23)11(24,25)12(26,27)13(28,29)14(30,31)15(32,33)34/h1-3H,(H,35,36). The van der Waals surface area contributed by atoms with Crippen molar-refractivity contribution in [3.8, 4) is 0 Å². The first-order valence-corrected chi connectivity index (χ1v) is 8.83. The van der Waals surface area contributed by atoms with Crippen molar-refractivity contribution < 1.29 is 83.8 Å². The van der Waals surface area contributed by atoms with Crippen molar-refractivity contribution in [2.75, 3.05) is 5.32 Å². The zero-order chi connectivity index (χ0) is 29.1. The van der Waals surface area contributed by atoms with Gasteiger partial charge < -0.3 is 5.32 Å². The fourth-order valence-electron chi connectivity index (χ4n) is 2.10. The molecule has 208 valence electrons. The molecule has 0 fully saturated rings. The average molecular weight is 636 g/mol. The third-order valence-electron chi connectivity index (χ3n) is 4.19. The summed E-state index contributed by atoms with van der Waals surface area (Å²) in [5, 5.41) is 0.473. The van der Waals surface area contributed by atoms with Gasteiger partial charge in [0.1, 0.15) is 5.82 Å². The monoisotopic (exact) mass is 635 g/mol. The summed E-state index contributed by atoms with van der Waals surface area (Å²) in [6, 6.07) is 1.31. The van der Waals surface area contributed by atoms with Crippen molar-refractivity contribution in [2.24, 2.45) is 0 Å². The third-order valence-corrected chi connectivity index (χ3v) is 4.68. The smallest absolute Gasteiger partial charge is 0.318 e. The van der Waals surface area contributed by atoms with E-state index in [-0.39, 0.29) is 10.5 Å². The highest BCUT2D eigenvalue weighted by molar-refractivity contribution is 9.10. The molecule has 1 N–H and O–H groups in total. The number of nitrogens with one attached hydrogen (secondary N) is 1. The normalized spacial score (nSPS) is 15.2. The maximum absolute atomic E-state index is 13.8. The number of carbonyl (C=O) groups excluding carboxylic acids is 1. The highest BCUT2D eigenvalue weighted by Crippen LogP contribution is 2.64. The van der Waals surface area contributed by atoms with E-state index in [2.05, 4.69) is 15.9 Å². The molecule has 0 saturated heterocycles. The molecule has 1 rings (SSSR count). The van der Waals surface area contributed by atoms with Crippen LogP contribution in [0.15, 0.2) is 22.7 Å². The molecule has 1 aromatic rings. The summed E-state index contributed by atoms with van der Waals surface area (Å²) in [4.78, 5) is 11.3. The lowest BCUT2D eigenvalue weighted by molar-refractivity contribution is -0.459. The van der Waals surface area contributed by atoms with Gasteiger partial charge in [-0.1, -0.05) is 15.9 Å². The molecule has 21 heteroatoms. The molecule has 0 spiro atoms. The van der Waals surface area contributed by atoms with Gasteiger partial charge in [0, 0.05) is 4.47 Å². The van der Waals surface area contributed by atoms with Crippen LogP contribution < -0.4 is 5.32 Å². The van der Waals surface area contributed by atoms with Crippen LogP contribution in [0.3, 0.4) is 0 Å². The summed E-state index contributed by atoms with van der Waals surface area (Å²) in [6.07, 6.45) is -7.87. The fraction of sp³-hybridized carbons (Fsp3) is 0.533. The number of hydrogen-bond donors (Lipinski definition) is 1. The Kier molecular flexibility index (Phi) is 7.76. The van der Waals surface area contributed by atoms with E-state index in [1.807, 2.05) is 0 Å². The van der Waals surface area contributed by atoms with E-state index in [0.29, 0.717) is 17.4 Å². The second-order valence-electron chi connectivity index (χ2n) is 6.60. The summed E-state index contributed by atoms with van der Waals surface area (Å²) < 4.78 is 237. The number of hydrogen-bond acceptors (Lipinski definition) is 1. The van der Waals surface area contributed by atoms with Crippen LogP contribution >= 0.6 is 15.9 Å². The molecule has 0 radical (unpaired) electrons. The molecule has 2 nitrogen and oxygen atoms in total. The molecule has 0 bridgehead atoms. The maximum atomic E-state index is 13.8. The SMILES string of the molecule is O=C(Nc1ccc(Br)cc1F)C(F)(F)C(F)(F)C(F)(F)C(F)(F)C(F)(F)C(F)(F)C(F)(F)C(F)(F)F. The summed E-state index contributed by atoms with van der Waals surface area (Å²) >= 11 is 2.58. The summed E-state index contributed by atoms with van der Waals surface area (Å²) in [6.45, 7) is 0. The van der Waals surface area contributed by atoms with Gasteiger partial charge in [0.15, 0.2) is 0 Å². The Hall–Kier alpha value is -2.09. The van der Waals surface area contributed by atoms with Gasteiger partial charge in [0.2, 0.25) is 0 Å². The molecule has 36 heavy (non-hydrogen) atoms. The first kappa shape index (κ1) is 31.9. The topological polar surface area (TPSA) is 29.1 Å². The summed E-state index contributed by atoms with van der Waals surface area (Å²) in [7, 11) is 0. The van der Waals surface area contributed by atoms with Crippen LogP contribution in [0.2, 0.25) is 0 Å². The zero-order valence-corrected chi connectivity index (χ0v) is 17.4. The van der Waals surface area contributed by atoms with Crippen LogP contribution in [0.4, 0.5) is 84.7 Å². The Bertz CT molecular complexity index is 1000. The van der Waals surface area contributed by atoms with Gasteiger partial charge in [-0.2, -0.15) is 74.6 Å². The minimum Gasteiger partial charge on any atom is -0.318 e. The second-order valence-corrected chi connectivity index (χ2v) is 7.51. The first-order valence-electron chi connectivity index (χ1n) is 8.03. The molecule has 0 atom stereocenters. The van der Waals surface area contributed by atoms with E-state index in [4.69, 9.17) is 0 Å². The Morgan fingerprint density at radius 3 is 1.33 bits per heavy atom. The highest BCUT2D eigenvalue weighted by Gasteiger charge is 2.95. The fourth-order valence-corrected chi connectivity index (χ4v) is 2.43. The van der Waals surface area contributed by atoms with Crippen molar-refractivity contribution in [3.63, 3.8) is 0 Å². The van der Waals surface area contributed by atoms with Crippen LogP contribution in [0, 0.1) is 5.82 Å². The van der Waals surface area contributed by atoms with E-state index in [1.54, 1.807) is 0 Å². The van der Waals surface area contributed by atoms with Crippen molar-refractivity contribution in [2.45, 2.75) is 47.6 Å². The molecule has 1 aromatic carbocycles. The molecule has 0 aliphatic rings. The average Bonchev–Trinajstić information content (AvgIpc) is 2.68. The van der Waals surface area contributed by atoms with Gasteiger partial charge in [-0.25, -0.2) is 4.39 Å². The molecular weight excluding hydrogens is 632 g/mol. The highest BCUT2D eigenvalue weighted by atomic mass is 79.9. The number of halogens is 19. The second kappa shape index (κ2) is 8.74. The lowest BCUT2D eigenvalue weighted by Crippen LogP contribution is -2.75. The zero-order valence-electron chi connectivity index (χ0n) is 15.8. The minimum atomic E-state index is -8.81. The number of amides is 1. The van der Waals surface area contributed by atoms with Gasteiger partial charge in [-0.3, -0.25) is 4.79 Å². The number of anilines is 1. The summed E-state index contributed by atoms with van der Waals surface area (Å²) in [5.74, 6) is -64.3. The molecule has 1 amide bonds. The maximum Gasteiger partial charge on any atom is 0.460 e.